The molecule has 29 heavy (non-hydrogen) atoms. The number of ether oxygens (including phenoxy) is 1. The zero-order valence-corrected chi connectivity index (χ0v) is 17.3. The second-order valence-corrected chi connectivity index (χ2v) is 9.66. The van der Waals surface area contributed by atoms with E-state index in [1.165, 1.54) is 16.4 Å². The number of halogens is 2. The lowest BCUT2D eigenvalue weighted by molar-refractivity contribution is -0.121. The minimum absolute atomic E-state index is 0.00420. The Balaban J connectivity index is 1.83. The molecule has 1 aliphatic heterocycles. The molecule has 1 aliphatic rings. The molecule has 0 saturated carbocycles. The number of rotatable bonds is 7. The first kappa shape index (κ1) is 21.5. The number of piperidine rings is 1. The fraction of sp³-hybridized carbons (Fsp3) is 0.350. The molecule has 1 saturated heterocycles. The van der Waals surface area contributed by atoms with E-state index in [0.717, 1.165) is 12.1 Å². The molecule has 2 aromatic carbocycles. The van der Waals surface area contributed by atoms with Crippen LogP contribution in [0.25, 0.3) is 0 Å². The van der Waals surface area contributed by atoms with Gasteiger partial charge in [-0.2, -0.15) is 4.31 Å². The van der Waals surface area contributed by atoms with Gasteiger partial charge in [-0.3, -0.25) is 4.79 Å². The van der Waals surface area contributed by atoms with Gasteiger partial charge in [0, 0.05) is 29.9 Å². The largest absolute Gasteiger partial charge is 0.493 e. The summed E-state index contributed by atoms with van der Waals surface area (Å²) < 4.78 is 46.4. The summed E-state index contributed by atoms with van der Waals surface area (Å²) in [5.74, 6) is -0.513. The highest BCUT2D eigenvalue weighted by molar-refractivity contribution is 7.89. The maximum absolute atomic E-state index is 13.2. The molecule has 0 aliphatic carbocycles. The van der Waals surface area contributed by atoms with Crippen LogP contribution in [-0.4, -0.2) is 38.3 Å². The van der Waals surface area contributed by atoms with Crippen LogP contribution in [0.4, 0.5) is 4.39 Å². The van der Waals surface area contributed by atoms with Crippen molar-refractivity contribution in [3.63, 3.8) is 0 Å². The monoisotopic (exact) mass is 440 g/mol. The number of sulfonamides is 1. The van der Waals surface area contributed by atoms with Crippen LogP contribution in [0, 0.1) is 11.2 Å². The van der Waals surface area contributed by atoms with Gasteiger partial charge in [0.1, 0.15) is 11.6 Å². The van der Waals surface area contributed by atoms with Crippen molar-refractivity contribution in [3.8, 4) is 5.75 Å². The highest BCUT2D eigenvalue weighted by Crippen LogP contribution is 2.36. The lowest BCUT2D eigenvalue weighted by atomic mass is 9.78. The number of hydrogen-bond donors (Lipinski definition) is 1. The summed E-state index contributed by atoms with van der Waals surface area (Å²) in [4.78, 5) is 11.7. The van der Waals surface area contributed by atoms with E-state index in [4.69, 9.17) is 22.1 Å². The van der Waals surface area contributed by atoms with E-state index < -0.39 is 27.2 Å². The Kier molecular flexibility index (Phi) is 6.45. The number of benzene rings is 2. The van der Waals surface area contributed by atoms with Crippen LogP contribution in [-0.2, 0) is 14.8 Å². The molecule has 0 radical (unpaired) electrons. The van der Waals surface area contributed by atoms with Gasteiger partial charge in [-0.25, -0.2) is 12.8 Å². The molecule has 3 rings (SSSR count). The number of primary amides is 1. The van der Waals surface area contributed by atoms with Gasteiger partial charge in [-0.15, -0.1) is 0 Å². The number of carbonyl (C=O) groups is 1. The Morgan fingerprint density at radius 1 is 1.24 bits per heavy atom. The maximum atomic E-state index is 13.2. The summed E-state index contributed by atoms with van der Waals surface area (Å²) in [6, 6.07) is 11.5. The number of amides is 1. The fourth-order valence-electron chi connectivity index (χ4n) is 3.60. The smallest absolute Gasteiger partial charge is 0.243 e. The summed E-state index contributed by atoms with van der Waals surface area (Å²) in [7, 11) is -3.84. The molecule has 2 aromatic rings. The van der Waals surface area contributed by atoms with Gasteiger partial charge >= 0.3 is 0 Å². The molecule has 1 unspecified atom stereocenters. The molecule has 0 aromatic heterocycles. The van der Waals surface area contributed by atoms with Gasteiger partial charge in [0.25, 0.3) is 0 Å². The molecule has 9 heteroatoms. The van der Waals surface area contributed by atoms with Crippen LogP contribution in [0.2, 0.25) is 5.02 Å². The van der Waals surface area contributed by atoms with Crippen LogP contribution in [0.1, 0.15) is 19.3 Å². The van der Waals surface area contributed by atoms with Crippen molar-refractivity contribution >= 4 is 27.5 Å². The van der Waals surface area contributed by atoms with Gasteiger partial charge in [0.05, 0.1) is 11.5 Å². The van der Waals surface area contributed by atoms with E-state index in [-0.39, 0.29) is 24.5 Å². The maximum Gasteiger partial charge on any atom is 0.243 e. The van der Waals surface area contributed by atoms with E-state index in [0.29, 0.717) is 30.2 Å². The van der Waals surface area contributed by atoms with Crippen LogP contribution < -0.4 is 10.5 Å². The SMILES string of the molecule is NC(=O)CC1(COc2cccc(Cl)c2)CCCN(S(=O)(=O)c2ccc(F)cc2)C1. The third kappa shape index (κ3) is 5.26. The first-order valence-corrected chi connectivity index (χ1v) is 10.9. The molecule has 156 valence electrons. The van der Waals surface area contributed by atoms with Gasteiger partial charge in [-0.05, 0) is 55.3 Å². The van der Waals surface area contributed by atoms with Gasteiger partial charge in [0.2, 0.25) is 15.9 Å². The van der Waals surface area contributed by atoms with Crippen LogP contribution in [0.5, 0.6) is 5.75 Å². The summed E-state index contributed by atoms with van der Waals surface area (Å²) in [5.41, 5.74) is 4.69. The fourth-order valence-corrected chi connectivity index (χ4v) is 5.37. The predicted molar refractivity (Wildman–Crippen MR) is 108 cm³/mol. The molecule has 2 N–H and O–H groups in total. The van der Waals surface area contributed by atoms with Gasteiger partial charge < -0.3 is 10.5 Å². The first-order valence-electron chi connectivity index (χ1n) is 9.13. The second kappa shape index (κ2) is 8.69. The summed E-state index contributed by atoms with van der Waals surface area (Å²) in [6.07, 6.45) is 1.13. The lowest BCUT2D eigenvalue weighted by Crippen LogP contribution is -2.50. The van der Waals surface area contributed by atoms with Crippen LogP contribution in [0.15, 0.2) is 53.4 Å². The molecule has 1 heterocycles. The quantitative estimate of drug-likeness (QED) is 0.715. The number of nitrogens with zero attached hydrogens (tertiary/aromatic N) is 1. The van der Waals surface area contributed by atoms with Crippen molar-refractivity contribution < 1.29 is 22.3 Å². The van der Waals surface area contributed by atoms with E-state index in [2.05, 4.69) is 0 Å². The Morgan fingerprint density at radius 3 is 2.62 bits per heavy atom. The van der Waals surface area contributed by atoms with Gasteiger partial charge in [0.15, 0.2) is 0 Å². The number of carbonyl (C=O) groups excluding carboxylic acids is 1. The third-order valence-corrected chi connectivity index (χ3v) is 7.06. The highest BCUT2D eigenvalue weighted by Gasteiger charge is 2.42. The molecular formula is C20H22ClFN2O4S. The van der Waals surface area contributed by atoms with Crippen molar-refractivity contribution in [2.24, 2.45) is 11.1 Å². The van der Waals surface area contributed by atoms with Crippen molar-refractivity contribution in [3.05, 3.63) is 59.4 Å². The van der Waals surface area contributed by atoms with E-state index >= 15 is 0 Å². The van der Waals surface area contributed by atoms with Crippen molar-refractivity contribution in [1.29, 1.82) is 0 Å². The second-order valence-electron chi connectivity index (χ2n) is 7.29. The average molecular weight is 441 g/mol. The molecule has 1 atom stereocenters. The Labute approximate surface area is 174 Å². The first-order chi connectivity index (χ1) is 13.7. The molecule has 1 fully saturated rings. The van der Waals surface area contributed by atoms with Crippen LogP contribution >= 0.6 is 11.6 Å². The molecule has 1 amide bonds. The van der Waals surface area contributed by atoms with Gasteiger partial charge in [-0.1, -0.05) is 17.7 Å². The minimum Gasteiger partial charge on any atom is -0.493 e. The predicted octanol–water partition coefficient (Wildman–Crippen LogP) is 3.20. The number of hydrogen-bond acceptors (Lipinski definition) is 4. The highest BCUT2D eigenvalue weighted by atomic mass is 35.5. The minimum atomic E-state index is -3.84. The van der Waals surface area contributed by atoms with E-state index in [1.54, 1.807) is 24.3 Å². The van der Waals surface area contributed by atoms with E-state index in [1.807, 2.05) is 0 Å². The standard InChI is InChI=1S/C20H22ClFN2O4S/c21-15-3-1-4-17(11-15)28-14-20(12-19(23)25)9-2-10-24(13-20)29(26,27)18-7-5-16(22)6-8-18/h1,3-8,11H,2,9-10,12-14H2,(H2,23,25). The zero-order chi connectivity index (χ0) is 21.1. The topological polar surface area (TPSA) is 89.7 Å². The Morgan fingerprint density at radius 2 is 1.97 bits per heavy atom. The lowest BCUT2D eigenvalue weighted by Gasteiger charge is -2.41. The summed E-state index contributed by atoms with van der Waals surface area (Å²) in [5, 5.41) is 0.510. The molecule has 0 bridgehead atoms. The zero-order valence-electron chi connectivity index (χ0n) is 15.7. The number of nitrogens with two attached hydrogens (primary N) is 1. The van der Waals surface area contributed by atoms with E-state index in [9.17, 15) is 17.6 Å². The average Bonchev–Trinajstić information content (AvgIpc) is 2.67. The normalized spacial score (nSPS) is 20.3. The molecule has 6 nitrogen and oxygen atoms in total. The van der Waals surface area contributed by atoms with Crippen molar-refractivity contribution in [2.75, 3.05) is 19.7 Å². The summed E-state index contributed by atoms with van der Waals surface area (Å²) >= 11 is 5.98. The van der Waals surface area contributed by atoms with Crippen molar-refractivity contribution in [1.82, 2.24) is 4.31 Å². The Bertz CT molecular complexity index is 984. The van der Waals surface area contributed by atoms with Crippen LogP contribution in [0.3, 0.4) is 0 Å². The molecule has 0 spiro atoms. The third-order valence-electron chi connectivity index (χ3n) is 4.97. The summed E-state index contributed by atoms with van der Waals surface area (Å²) in [6.45, 7) is 0.499. The van der Waals surface area contributed by atoms with Crippen molar-refractivity contribution in [2.45, 2.75) is 24.2 Å². The Hall–Kier alpha value is -2.16. The molecular weight excluding hydrogens is 419 g/mol.